The standard InChI is InChI=1S/C22H20ClF3N6O3/c23-17-11-14(8-9-15(17)16-5-1-2-7-19(16)35-22(24,25)26)28-21(34)18-6-3-4-10-32(18)20(33)12-31-13-27-29-30-31/h1-2,5,7-9,11,13,18H,3-4,6,10,12H2,(H,28,34). The van der Waals surface area contributed by atoms with Crippen molar-refractivity contribution in [1.82, 2.24) is 25.1 Å². The summed E-state index contributed by atoms with van der Waals surface area (Å²) in [5, 5.41) is 13.5. The fourth-order valence-electron chi connectivity index (χ4n) is 3.92. The number of carbonyl (C=O) groups is 2. The summed E-state index contributed by atoms with van der Waals surface area (Å²) >= 11 is 6.36. The maximum atomic E-state index is 13.0. The second-order valence-electron chi connectivity index (χ2n) is 7.83. The first-order valence-corrected chi connectivity index (χ1v) is 11.0. The molecule has 1 aliphatic heterocycles. The molecule has 0 aliphatic carbocycles. The smallest absolute Gasteiger partial charge is 0.405 e. The van der Waals surface area contributed by atoms with Crippen molar-refractivity contribution in [1.29, 1.82) is 0 Å². The van der Waals surface area contributed by atoms with Crippen LogP contribution in [0.15, 0.2) is 48.8 Å². The van der Waals surface area contributed by atoms with E-state index in [4.69, 9.17) is 11.6 Å². The molecule has 1 N–H and O–H groups in total. The number of nitrogens with one attached hydrogen (secondary N) is 1. The highest BCUT2D eigenvalue weighted by atomic mass is 35.5. The predicted octanol–water partition coefficient (Wildman–Crippen LogP) is 3.91. The SMILES string of the molecule is O=C(Nc1ccc(-c2ccccc2OC(F)(F)F)c(Cl)c1)C1CCCCN1C(=O)Cn1cnnn1. The Hall–Kier alpha value is -3.67. The van der Waals surface area contributed by atoms with Crippen molar-refractivity contribution in [2.45, 2.75) is 38.2 Å². The van der Waals surface area contributed by atoms with Crippen molar-refractivity contribution in [3.8, 4) is 16.9 Å². The quantitative estimate of drug-likeness (QED) is 0.541. The molecule has 184 valence electrons. The first-order valence-electron chi connectivity index (χ1n) is 10.7. The van der Waals surface area contributed by atoms with E-state index in [9.17, 15) is 22.8 Å². The van der Waals surface area contributed by atoms with Gasteiger partial charge in [-0.15, -0.1) is 18.3 Å². The van der Waals surface area contributed by atoms with E-state index in [-0.39, 0.29) is 28.9 Å². The van der Waals surface area contributed by atoms with Crippen LogP contribution in [0.1, 0.15) is 19.3 Å². The number of likely N-dealkylation sites (tertiary alicyclic amines) is 1. The van der Waals surface area contributed by atoms with Crippen molar-refractivity contribution in [2.75, 3.05) is 11.9 Å². The molecule has 1 aliphatic rings. The largest absolute Gasteiger partial charge is 0.573 e. The van der Waals surface area contributed by atoms with Crippen molar-refractivity contribution in [3.63, 3.8) is 0 Å². The summed E-state index contributed by atoms with van der Waals surface area (Å²) in [6, 6.07) is 9.41. The zero-order chi connectivity index (χ0) is 25.0. The van der Waals surface area contributed by atoms with Gasteiger partial charge in [-0.2, -0.15) is 0 Å². The molecule has 13 heteroatoms. The number of aromatic nitrogens is 4. The maximum absolute atomic E-state index is 13.0. The van der Waals surface area contributed by atoms with E-state index in [0.717, 1.165) is 12.8 Å². The molecule has 1 aromatic heterocycles. The van der Waals surface area contributed by atoms with Gasteiger partial charge in [-0.05, 0) is 47.9 Å². The Bertz CT molecular complexity index is 1210. The number of nitrogens with zero attached hydrogens (tertiary/aromatic N) is 5. The minimum atomic E-state index is -4.86. The number of hydrogen-bond donors (Lipinski definition) is 1. The minimum Gasteiger partial charge on any atom is -0.405 e. The van der Waals surface area contributed by atoms with Crippen LogP contribution in [0.2, 0.25) is 5.02 Å². The minimum absolute atomic E-state index is 0.0866. The number of alkyl halides is 3. The Kier molecular flexibility index (Phi) is 7.20. The van der Waals surface area contributed by atoms with Gasteiger partial charge in [-0.25, -0.2) is 4.68 Å². The van der Waals surface area contributed by atoms with E-state index in [2.05, 4.69) is 25.6 Å². The third-order valence-electron chi connectivity index (χ3n) is 5.45. The number of benzene rings is 2. The van der Waals surface area contributed by atoms with Crippen LogP contribution in [-0.4, -0.2) is 55.9 Å². The molecule has 0 bridgehead atoms. The number of hydrogen-bond acceptors (Lipinski definition) is 6. The summed E-state index contributed by atoms with van der Waals surface area (Å²) < 4.78 is 43.7. The number of anilines is 1. The summed E-state index contributed by atoms with van der Waals surface area (Å²) in [6.45, 7) is 0.339. The van der Waals surface area contributed by atoms with Gasteiger partial charge in [0, 0.05) is 23.4 Å². The van der Waals surface area contributed by atoms with Crippen molar-refractivity contribution in [2.24, 2.45) is 0 Å². The van der Waals surface area contributed by atoms with Gasteiger partial charge in [0.2, 0.25) is 11.8 Å². The number of halogens is 4. The zero-order valence-electron chi connectivity index (χ0n) is 18.2. The van der Waals surface area contributed by atoms with Crippen LogP contribution < -0.4 is 10.1 Å². The monoisotopic (exact) mass is 508 g/mol. The lowest BCUT2D eigenvalue weighted by Gasteiger charge is -2.34. The van der Waals surface area contributed by atoms with Crippen molar-refractivity contribution < 1.29 is 27.5 Å². The van der Waals surface area contributed by atoms with Crippen LogP contribution in [0.3, 0.4) is 0 Å². The number of ether oxygens (including phenoxy) is 1. The number of amides is 2. The topological polar surface area (TPSA) is 102 Å². The number of rotatable bonds is 6. The number of carbonyl (C=O) groups excluding carboxylic acids is 2. The molecular formula is C22H20ClF3N6O3. The highest BCUT2D eigenvalue weighted by Gasteiger charge is 2.33. The number of para-hydroxylation sites is 1. The average Bonchev–Trinajstić information content (AvgIpc) is 3.32. The number of tetrazole rings is 1. The van der Waals surface area contributed by atoms with E-state index in [1.54, 1.807) is 6.07 Å². The third-order valence-corrected chi connectivity index (χ3v) is 5.77. The van der Waals surface area contributed by atoms with Gasteiger partial charge in [0.05, 0.1) is 5.02 Å². The Labute approximate surface area is 202 Å². The Morgan fingerprint density at radius 3 is 2.66 bits per heavy atom. The fourth-order valence-corrected chi connectivity index (χ4v) is 4.21. The fraction of sp³-hybridized carbons (Fsp3) is 0.318. The summed E-state index contributed by atoms with van der Waals surface area (Å²) in [6.07, 6.45) is -1.50. The van der Waals surface area contributed by atoms with Crippen LogP contribution in [0.25, 0.3) is 11.1 Å². The predicted molar refractivity (Wildman–Crippen MR) is 119 cm³/mol. The van der Waals surface area contributed by atoms with Gasteiger partial charge < -0.3 is 15.0 Å². The molecule has 4 rings (SSSR count). The molecule has 1 fully saturated rings. The van der Waals surface area contributed by atoms with E-state index >= 15 is 0 Å². The average molecular weight is 509 g/mol. The molecule has 35 heavy (non-hydrogen) atoms. The van der Waals surface area contributed by atoms with Crippen LogP contribution in [0, 0.1) is 0 Å². The first-order chi connectivity index (χ1) is 16.7. The summed E-state index contributed by atoms with van der Waals surface area (Å²) in [4.78, 5) is 27.3. The Balaban J connectivity index is 1.49. The van der Waals surface area contributed by atoms with Crippen LogP contribution in [0.4, 0.5) is 18.9 Å². The molecule has 0 spiro atoms. The van der Waals surface area contributed by atoms with Crippen molar-refractivity contribution >= 4 is 29.1 Å². The normalized spacial score (nSPS) is 16.1. The van der Waals surface area contributed by atoms with Gasteiger partial charge in [0.25, 0.3) is 0 Å². The lowest BCUT2D eigenvalue weighted by atomic mass is 10.0. The molecule has 1 unspecified atom stereocenters. The van der Waals surface area contributed by atoms with E-state index in [0.29, 0.717) is 24.2 Å². The maximum Gasteiger partial charge on any atom is 0.573 e. The van der Waals surface area contributed by atoms with Gasteiger partial charge in [-0.1, -0.05) is 35.9 Å². The molecule has 3 aromatic rings. The van der Waals surface area contributed by atoms with Gasteiger partial charge >= 0.3 is 6.36 Å². The molecule has 1 atom stereocenters. The summed E-state index contributed by atoms with van der Waals surface area (Å²) in [5.41, 5.74) is 0.802. The molecule has 0 radical (unpaired) electrons. The lowest BCUT2D eigenvalue weighted by molar-refractivity contribution is -0.274. The van der Waals surface area contributed by atoms with Crippen LogP contribution in [-0.2, 0) is 16.1 Å². The third kappa shape index (κ3) is 6.07. The van der Waals surface area contributed by atoms with Crippen LogP contribution in [0.5, 0.6) is 5.75 Å². The van der Waals surface area contributed by atoms with E-state index in [1.807, 2.05) is 0 Å². The molecule has 2 amide bonds. The number of piperidine rings is 1. The highest BCUT2D eigenvalue weighted by Crippen LogP contribution is 2.38. The van der Waals surface area contributed by atoms with Crippen LogP contribution >= 0.6 is 11.6 Å². The lowest BCUT2D eigenvalue weighted by Crippen LogP contribution is -2.51. The van der Waals surface area contributed by atoms with E-state index in [1.165, 1.54) is 52.3 Å². The summed E-state index contributed by atoms with van der Waals surface area (Å²) in [7, 11) is 0. The zero-order valence-corrected chi connectivity index (χ0v) is 19.0. The first kappa shape index (κ1) is 24.5. The Morgan fingerprint density at radius 2 is 1.94 bits per heavy atom. The second kappa shape index (κ2) is 10.3. The van der Waals surface area contributed by atoms with Gasteiger partial charge in [0.1, 0.15) is 24.7 Å². The van der Waals surface area contributed by atoms with E-state index < -0.39 is 18.2 Å². The molecule has 1 saturated heterocycles. The Morgan fingerprint density at radius 1 is 1.14 bits per heavy atom. The molecular weight excluding hydrogens is 489 g/mol. The van der Waals surface area contributed by atoms with Crippen molar-refractivity contribution in [3.05, 3.63) is 53.8 Å². The molecule has 0 saturated carbocycles. The molecule has 9 nitrogen and oxygen atoms in total. The van der Waals surface area contributed by atoms with Gasteiger partial charge in [-0.3, -0.25) is 9.59 Å². The van der Waals surface area contributed by atoms with Gasteiger partial charge in [0.15, 0.2) is 0 Å². The molecule has 2 heterocycles. The second-order valence-corrected chi connectivity index (χ2v) is 8.24. The summed E-state index contributed by atoms with van der Waals surface area (Å²) in [5.74, 6) is -1.07. The molecule has 2 aromatic carbocycles. The highest BCUT2D eigenvalue weighted by molar-refractivity contribution is 6.33.